The van der Waals surface area contributed by atoms with Crippen LogP contribution >= 0.6 is 0 Å². The minimum Gasteiger partial charge on any atom is -0.313 e. The summed E-state index contributed by atoms with van der Waals surface area (Å²) in [6, 6.07) is 0.680. The Morgan fingerprint density at radius 3 is 2.32 bits per heavy atom. The fourth-order valence-corrected chi connectivity index (χ4v) is 3.15. The Morgan fingerprint density at radius 2 is 1.79 bits per heavy atom. The minimum atomic E-state index is 0.680. The Morgan fingerprint density at radius 1 is 1.16 bits per heavy atom. The monoisotopic (exact) mass is 269 g/mol. The van der Waals surface area contributed by atoms with E-state index in [4.69, 9.17) is 0 Å². The van der Waals surface area contributed by atoms with Crippen molar-refractivity contribution in [1.82, 2.24) is 15.1 Å². The van der Waals surface area contributed by atoms with E-state index < -0.39 is 0 Å². The number of nitrogens with zero attached hydrogens (tertiary/aromatic N) is 2. The molecule has 0 bridgehead atoms. The topological polar surface area (TPSA) is 18.5 Å². The zero-order valence-electron chi connectivity index (χ0n) is 13.6. The molecule has 1 atom stereocenters. The van der Waals surface area contributed by atoms with Gasteiger partial charge < -0.3 is 15.1 Å². The summed E-state index contributed by atoms with van der Waals surface area (Å²) in [5.74, 6) is 0.879. The number of hydrogen-bond donors (Lipinski definition) is 1. The summed E-state index contributed by atoms with van der Waals surface area (Å²) in [4.78, 5) is 5.11. The third kappa shape index (κ3) is 6.24. The molecule has 0 aliphatic carbocycles. The fourth-order valence-electron chi connectivity index (χ4n) is 3.15. The van der Waals surface area contributed by atoms with Crippen molar-refractivity contribution < 1.29 is 0 Å². The lowest BCUT2D eigenvalue weighted by Crippen LogP contribution is -2.44. The maximum atomic E-state index is 3.74. The average Bonchev–Trinajstić information content (AvgIpc) is 2.44. The van der Waals surface area contributed by atoms with Crippen LogP contribution in [0.4, 0.5) is 0 Å². The van der Waals surface area contributed by atoms with E-state index in [1.807, 2.05) is 0 Å². The van der Waals surface area contributed by atoms with Crippen molar-refractivity contribution in [2.45, 2.75) is 53.0 Å². The van der Waals surface area contributed by atoms with E-state index in [9.17, 15) is 0 Å². The molecule has 1 heterocycles. The van der Waals surface area contributed by atoms with Crippen molar-refractivity contribution in [3.63, 3.8) is 0 Å². The SMILES string of the molecule is CCCN1CCC(C(C)NCCN(CC)CC)CC1. The summed E-state index contributed by atoms with van der Waals surface area (Å²) < 4.78 is 0. The summed E-state index contributed by atoms with van der Waals surface area (Å²) >= 11 is 0. The third-order valence-electron chi connectivity index (χ3n) is 4.67. The lowest BCUT2D eigenvalue weighted by molar-refractivity contribution is 0.161. The fraction of sp³-hybridized carbons (Fsp3) is 1.00. The molecule has 0 aromatic heterocycles. The number of rotatable bonds is 9. The van der Waals surface area contributed by atoms with E-state index in [1.54, 1.807) is 0 Å². The quantitative estimate of drug-likeness (QED) is 0.693. The molecule has 0 spiro atoms. The maximum Gasteiger partial charge on any atom is 0.0107 e. The van der Waals surface area contributed by atoms with Crippen LogP contribution in [0, 0.1) is 5.92 Å². The standard InChI is InChI=1S/C16H35N3/c1-5-11-19-12-8-16(9-13-19)15(4)17-10-14-18(6-2)7-3/h15-17H,5-14H2,1-4H3. The molecular weight excluding hydrogens is 234 g/mol. The van der Waals surface area contributed by atoms with Crippen LogP contribution in [0.15, 0.2) is 0 Å². The van der Waals surface area contributed by atoms with Crippen molar-refractivity contribution in [2.75, 3.05) is 45.8 Å². The first-order chi connectivity index (χ1) is 9.21. The van der Waals surface area contributed by atoms with Gasteiger partial charge in [-0.05, 0) is 64.8 Å². The van der Waals surface area contributed by atoms with E-state index in [0.717, 1.165) is 12.5 Å². The molecule has 0 saturated carbocycles. The van der Waals surface area contributed by atoms with Gasteiger partial charge in [-0.3, -0.25) is 0 Å². The van der Waals surface area contributed by atoms with Crippen LogP contribution in [0.1, 0.15) is 47.0 Å². The van der Waals surface area contributed by atoms with Crippen LogP contribution in [0.3, 0.4) is 0 Å². The lowest BCUT2D eigenvalue weighted by atomic mass is 9.90. The first kappa shape index (κ1) is 16.9. The molecule has 0 aromatic carbocycles. The van der Waals surface area contributed by atoms with Crippen LogP contribution in [-0.4, -0.2) is 61.7 Å². The first-order valence-electron chi connectivity index (χ1n) is 8.39. The molecule has 3 nitrogen and oxygen atoms in total. The van der Waals surface area contributed by atoms with Gasteiger partial charge in [-0.2, -0.15) is 0 Å². The Bertz CT molecular complexity index is 208. The molecule has 1 rings (SSSR count). The molecule has 19 heavy (non-hydrogen) atoms. The summed E-state index contributed by atoms with van der Waals surface area (Å²) in [5.41, 5.74) is 0. The minimum absolute atomic E-state index is 0.680. The smallest absolute Gasteiger partial charge is 0.0107 e. The number of nitrogens with one attached hydrogen (secondary N) is 1. The second-order valence-corrected chi connectivity index (χ2v) is 5.95. The molecule has 114 valence electrons. The summed E-state index contributed by atoms with van der Waals surface area (Å²) in [7, 11) is 0. The molecule has 1 N–H and O–H groups in total. The Hall–Kier alpha value is -0.120. The molecule has 0 amide bonds. The molecule has 0 radical (unpaired) electrons. The van der Waals surface area contributed by atoms with Gasteiger partial charge in [-0.15, -0.1) is 0 Å². The van der Waals surface area contributed by atoms with Crippen LogP contribution in [0.2, 0.25) is 0 Å². The third-order valence-corrected chi connectivity index (χ3v) is 4.67. The maximum absolute atomic E-state index is 3.74. The van der Waals surface area contributed by atoms with Gasteiger partial charge in [-0.25, -0.2) is 0 Å². The molecule has 1 saturated heterocycles. The van der Waals surface area contributed by atoms with Gasteiger partial charge in [0.1, 0.15) is 0 Å². The predicted molar refractivity (Wildman–Crippen MR) is 84.7 cm³/mol. The highest BCUT2D eigenvalue weighted by molar-refractivity contribution is 4.79. The van der Waals surface area contributed by atoms with Gasteiger partial charge >= 0.3 is 0 Å². The second-order valence-electron chi connectivity index (χ2n) is 5.95. The molecule has 0 aromatic rings. The summed E-state index contributed by atoms with van der Waals surface area (Å²) in [6.07, 6.45) is 4.04. The average molecular weight is 269 g/mol. The van der Waals surface area contributed by atoms with Crippen molar-refractivity contribution in [2.24, 2.45) is 5.92 Å². The van der Waals surface area contributed by atoms with Gasteiger partial charge in [0.2, 0.25) is 0 Å². The zero-order chi connectivity index (χ0) is 14.1. The van der Waals surface area contributed by atoms with Gasteiger partial charge in [0.25, 0.3) is 0 Å². The molecule has 1 fully saturated rings. The Labute approximate surface area is 120 Å². The Kier molecular flexibility index (Phi) is 8.67. The lowest BCUT2D eigenvalue weighted by Gasteiger charge is -2.35. The van der Waals surface area contributed by atoms with Gasteiger partial charge in [-0.1, -0.05) is 20.8 Å². The van der Waals surface area contributed by atoms with Crippen molar-refractivity contribution in [3.8, 4) is 0 Å². The molecule has 3 heteroatoms. The van der Waals surface area contributed by atoms with Crippen LogP contribution in [-0.2, 0) is 0 Å². The number of likely N-dealkylation sites (tertiary alicyclic amines) is 1. The summed E-state index contributed by atoms with van der Waals surface area (Å²) in [6.45, 7) is 17.7. The van der Waals surface area contributed by atoms with Gasteiger partial charge in [0, 0.05) is 19.1 Å². The Balaban J connectivity index is 2.15. The highest BCUT2D eigenvalue weighted by Gasteiger charge is 2.22. The normalized spacial score (nSPS) is 20.1. The van der Waals surface area contributed by atoms with Gasteiger partial charge in [0.05, 0.1) is 0 Å². The van der Waals surface area contributed by atoms with Crippen molar-refractivity contribution in [3.05, 3.63) is 0 Å². The van der Waals surface area contributed by atoms with Gasteiger partial charge in [0.15, 0.2) is 0 Å². The van der Waals surface area contributed by atoms with E-state index in [-0.39, 0.29) is 0 Å². The van der Waals surface area contributed by atoms with Crippen LogP contribution in [0.25, 0.3) is 0 Å². The van der Waals surface area contributed by atoms with Crippen LogP contribution in [0.5, 0.6) is 0 Å². The molecule has 1 aliphatic heterocycles. The van der Waals surface area contributed by atoms with Crippen molar-refractivity contribution >= 4 is 0 Å². The number of piperidine rings is 1. The predicted octanol–water partition coefficient (Wildman–Crippen LogP) is 2.43. The highest BCUT2D eigenvalue weighted by atomic mass is 15.1. The van der Waals surface area contributed by atoms with E-state index in [1.165, 1.54) is 58.5 Å². The largest absolute Gasteiger partial charge is 0.313 e. The van der Waals surface area contributed by atoms with E-state index in [2.05, 4.69) is 42.8 Å². The molecular formula is C16H35N3. The van der Waals surface area contributed by atoms with E-state index >= 15 is 0 Å². The van der Waals surface area contributed by atoms with Crippen LogP contribution < -0.4 is 5.32 Å². The van der Waals surface area contributed by atoms with E-state index in [0.29, 0.717) is 6.04 Å². The number of likely N-dealkylation sites (N-methyl/N-ethyl adjacent to an activating group) is 1. The summed E-state index contributed by atoms with van der Waals surface area (Å²) in [5, 5.41) is 3.74. The zero-order valence-corrected chi connectivity index (χ0v) is 13.6. The first-order valence-corrected chi connectivity index (χ1v) is 8.39. The molecule has 1 unspecified atom stereocenters. The second kappa shape index (κ2) is 9.73. The highest BCUT2D eigenvalue weighted by Crippen LogP contribution is 2.20. The van der Waals surface area contributed by atoms with Crippen molar-refractivity contribution in [1.29, 1.82) is 0 Å². The molecule has 1 aliphatic rings. The number of hydrogen-bond acceptors (Lipinski definition) is 3.